The average Bonchev–Trinajstić information content (AvgIpc) is 3.98. The summed E-state index contributed by atoms with van der Waals surface area (Å²) in [6.07, 6.45) is 1.86. The Balaban J connectivity index is 0.00000525. The summed E-state index contributed by atoms with van der Waals surface area (Å²) in [6.45, 7) is 15.4. The molecule has 0 aliphatic rings. The molecular weight excluding hydrogens is 1020 g/mol. The van der Waals surface area contributed by atoms with Gasteiger partial charge in [-0.25, -0.2) is 13.8 Å². The van der Waals surface area contributed by atoms with Gasteiger partial charge >= 0.3 is 21.1 Å². The molecule has 0 bridgehead atoms. The third-order valence-electron chi connectivity index (χ3n) is 12.7. The van der Waals surface area contributed by atoms with Crippen LogP contribution in [0.4, 0.5) is 8.78 Å². The second-order valence-electron chi connectivity index (χ2n) is 18.7. The Kier molecular flexibility index (Phi) is 11.0. The molecule has 0 fully saturated rings. The van der Waals surface area contributed by atoms with Crippen molar-refractivity contribution in [3.05, 3.63) is 180 Å². The standard InChI is InChI=1S/C58H46F2N4O2.Pt/c1-33(2)39-15-12-16-40(34(3)4)55(39)64-50-20-11-9-18-48(50)62-57(64)46-31-38(30-45-54-44(17-13-21-52(54)66-56(45)46)41-24-22-36(59)29-47(41)60)65-37-23-25-43-42-14-8-10-19-49(42)63(51(43)32-37)53-28-35(26-27-61-53)58(5,6)7;/h8-30,33-34H,1-7H3;/q-2;+2. The number of benzene rings is 7. The van der Waals surface area contributed by atoms with Crippen molar-refractivity contribution in [1.29, 1.82) is 0 Å². The summed E-state index contributed by atoms with van der Waals surface area (Å²) in [5.41, 5.74) is 10.4. The van der Waals surface area contributed by atoms with Crippen LogP contribution in [0.5, 0.6) is 11.5 Å². The minimum absolute atomic E-state index is 0. The molecule has 4 aromatic heterocycles. The largest absolute Gasteiger partial charge is 2.00 e. The van der Waals surface area contributed by atoms with Crippen LogP contribution in [0.25, 0.3) is 88.8 Å². The van der Waals surface area contributed by atoms with E-state index in [1.54, 1.807) is 0 Å². The van der Waals surface area contributed by atoms with Gasteiger partial charge in [0.1, 0.15) is 23.0 Å². The molecule has 0 aliphatic carbocycles. The van der Waals surface area contributed by atoms with Crippen molar-refractivity contribution in [3.63, 3.8) is 0 Å². The number of imidazole rings is 1. The Morgan fingerprint density at radius 1 is 0.657 bits per heavy atom. The first-order valence-electron chi connectivity index (χ1n) is 22.4. The van der Waals surface area contributed by atoms with Crippen molar-refractivity contribution in [2.24, 2.45) is 0 Å². The van der Waals surface area contributed by atoms with Gasteiger partial charge in [-0.05, 0) is 93.4 Å². The van der Waals surface area contributed by atoms with Crippen molar-refractivity contribution < 1.29 is 39.0 Å². The van der Waals surface area contributed by atoms with Gasteiger partial charge in [0, 0.05) is 45.9 Å². The normalized spacial score (nSPS) is 12.1. The Morgan fingerprint density at radius 2 is 1.39 bits per heavy atom. The number of nitrogens with zero attached hydrogens (tertiary/aromatic N) is 4. The van der Waals surface area contributed by atoms with Crippen LogP contribution in [0.15, 0.2) is 144 Å². The maximum atomic E-state index is 15.8. The maximum Gasteiger partial charge on any atom is 2.00 e. The van der Waals surface area contributed by atoms with Gasteiger partial charge in [-0.2, -0.15) is 6.07 Å². The zero-order valence-electron chi connectivity index (χ0n) is 38.1. The topological polar surface area (TPSA) is 58.0 Å². The number of hydrogen-bond acceptors (Lipinski definition) is 4. The van der Waals surface area contributed by atoms with Crippen molar-refractivity contribution in [2.75, 3.05) is 0 Å². The van der Waals surface area contributed by atoms with Gasteiger partial charge in [-0.1, -0.05) is 138 Å². The zero-order valence-corrected chi connectivity index (χ0v) is 40.4. The van der Waals surface area contributed by atoms with Crippen LogP contribution in [-0.2, 0) is 26.5 Å². The van der Waals surface area contributed by atoms with Gasteiger partial charge in [-0.3, -0.25) is 4.98 Å². The molecule has 0 saturated carbocycles. The van der Waals surface area contributed by atoms with Crippen LogP contribution in [0.1, 0.15) is 77.0 Å². The van der Waals surface area contributed by atoms with E-state index < -0.39 is 11.6 Å². The molecule has 0 unspecified atom stereocenters. The molecule has 0 spiro atoms. The number of hydrogen-bond donors (Lipinski definition) is 0. The summed E-state index contributed by atoms with van der Waals surface area (Å²) in [7, 11) is 0. The number of ether oxygens (including phenoxy) is 1. The Hall–Kier alpha value is -6.89. The molecule has 7 aromatic carbocycles. The third-order valence-corrected chi connectivity index (χ3v) is 12.7. The minimum atomic E-state index is -0.676. The fourth-order valence-corrected chi connectivity index (χ4v) is 9.48. The van der Waals surface area contributed by atoms with E-state index in [4.69, 9.17) is 19.1 Å². The van der Waals surface area contributed by atoms with Gasteiger partial charge < -0.3 is 18.3 Å². The molecule has 334 valence electrons. The van der Waals surface area contributed by atoms with Crippen LogP contribution in [0.2, 0.25) is 0 Å². The molecule has 11 rings (SSSR count). The Bertz CT molecular complexity index is 3700. The third kappa shape index (κ3) is 7.43. The zero-order chi connectivity index (χ0) is 45.6. The second kappa shape index (κ2) is 16.8. The molecule has 0 aliphatic heterocycles. The molecule has 4 heterocycles. The summed E-state index contributed by atoms with van der Waals surface area (Å²) >= 11 is 0. The number of aromatic nitrogens is 4. The van der Waals surface area contributed by atoms with Crippen LogP contribution in [0, 0.1) is 23.8 Å². The SMILES string of the molecule is CC(C)c1cccc(C(C)C)c1-n1c(-c2[c-]c(Oc3[c-]c4c(cc3)c3ccccc3n4-c3cc(C(C)(C)C)ccn3)cc3c2oc2cccc(-c4ccc(F)cc4F)c23)nc2ccccc21.[Pt+2]. The van der Waals surface area contributed by atoms with E-state index in [2.05, 4.69) is 124 Å². The maximum absolute atomic E-state index is 15.8. The van der Waals surface area contributed by atoms with Crippen molar-refractivity contribution in [3.8, 4) is 45.5 Å². The number of fused-ring (bicyclic) bond motifs is 7. The molecule has 0 amide bonds. The van der Waals surface area contributed by atoms with Gasteiger partial charge in [0.05, 0.1) is 22.4 Å². The van der Waals surface area contributed by atoms with E-state index in [9.17, 15) is 4.39 Å². The second-order valence-corrected chi connectivity index (χ2v) is 18.7. The van der Waals surface area contributed by atoms with Crippen LogP contribution in [-0.4, -0.2) is 19.1 Å². The van der Waals surface area contributed by atoms with Gasteiger partial charge in [0.25, 0.3) is 0 Å². The summed E-state index contributed by atoms with van der Waals surface area (Å²) in [5.74, 6) is 1.28. The molecule has 0 atom stereocenters. The van der Waals surface area contributed by atoms with Gasteiger partial charge in [-0.15, -0.1) is 17.5 Å². The van der Waals surface area contributed by atoms with Crippen molar-refractivity contribution in [2.45, 2.75) is 65.7 Å². The predicted molar refractivity (Wildman–Crippen MR) is 262 cm³/mol. The molecule has 67 heavy (non-hydrogen) atoms. The van der Waals surface area contributed by atoms with E-state index in [1.165, 1.54) is 23.3 Å². The first-order chi connectivity index (χ1) is 31.8. The first-order valence-corrected chi connectivity index (χ1v) is 22.4. The molecule has 9 heteroatoms. The summed E-state index contributed by atoms with van der Waals surface area (Å²) < 4.78 is 48.2. The van der Waals surface area contributed by atoms with E-state index in [0.29, 0.717) is 50.4 Å². The predicted octanol–water partition coefficient (Wildman–Crippen LogP) is 16.0. The van der Waals surface area contributed by atoms with E-state index in [1.807, 2.05) is 66.9 Å². The number of pyridine rings is 1. The average molecular weight is 1060 g/mol. The molecule has 0 radical (unpaired) electrons. The molecule has 6 nitrogen and oxygen atoms in total. The molecule has 0 N–H and O–H groups in total. The van der Waals surface area contributed by atoms with E-state index in [0.717, 1.165) is 56.0 Å². The Labute approximate surface area is 402 Å². The van der Waals surface area contributed by atoms with Crippen LogP contribution >= 0.6 is 0 Å². The first kappa shape index (κ1) is 44.0. The number of para-hydroxylation sites is 4. The van der Waals surface area contributed by atoms with Crippen LogP contribution in [0.3, 0.4) is 0 Å². The number of furan rings is 1. The van der Waals surface area contributed by atoms with Crippen molar-refractivity contribution in [1.82, 2.24) is 19.1 Å². The fourth-order valence-electron chi connectivity index (χ4n) is 9.48. The van der Waals surface area contributed by atoms with Gasteiger partial charge in [0.15, 0.2) is 0 Å². The summed E-state index contributed by atoms with van der Waals surface area (Å²) in [4.78, 5) is 10.2. The quantitative estimate of drug-likeness (QED) is 0.142. The summed E-state index contributed by atoms with van der Waals surface area (Å²) in [6, 6.07) is 49.4. The number of halogens is 2. The Morgan fingerprint density at radius 3 is 2.13 bits per heavy atom. The van der Waals surface area contributed by atoms with E-state index >= 15 is 4.39 Å². The molecule has 11 aromatic rings. The minimum Gasteiger partial charge on any atom is -0.503 e. The van der Waals surface area contributed by atoms with E-state index in [-0.39, 0.29) is 43.9 Å². The summed E-state index contributed by atoms with van der Waals surface area (Å²) in [5, 5.41) is 3.38. The fraction of sp³-hybridized carbons (Fsp3) is 0.172. The number of rotatable bonds is 8. The monoisotopic (exact) mass is 1060 g/mol. The smallest absolute Gasteiger partial charge is 0.503 e. The van der Waals surface area contributed by atoms with Gasteiger partial charge in [0.2, 0.25) is 0 Å². The molecule has 0 saturated heterocycles. The van der Waals surface area contributed by atoms with Crippen molar-refractivity contribution >= 4 is 54.8 Å². The molecular formula is C58H46F2N4O2Pt. The van der Waals surface area contributed by atoms with Crippen LogP contribution < -0.4 is 4.74 Å².